The minimum Gasteiger partial charge on any atom is -0.469 e. The minimum absolute atomic E-state index is 0.100. The van der Waals surface area contributed by atoms with Crippen LogP contribution in [-0.2, 0) is 9.53 Å². The molecule has 0 heterocycles. The van der Waals surface area contributed by atoms with Crippen LogP contribution in [0, 0.1) is 23.2 Å². The van der Waals surface area contributed by atoms with Gasteiger partial charge in [0.05, 0.1) is 13.2 Å². The molecule has 110 valence electrons. The molecular formula is C16H28O3. The first-order valence-corrected chi connectivity index (χ1v) is 7.74. The van der Waals surface area contributed by atoms with Gasteiger partial charge in [0.1, 0.15) is 0 Å². The lowest BCUT2D eigenvalue weighted by Gasteiger charge is -2.45. The van der Waals surface area contributed by atoms with Crippen LogP contribution in [0.2, 0.25) is 0 Å². The van der Waals surface area contributed by atoms with Crippen molar-refractivity contribution in [1.82, 2.24) is 0 Å². The molecule has 0 spiro atoms. The molecular weight excluding hydrogens is 240 g/mol. The lowest BCUT2D eigenvalue weighted by Crippen LogP contribution is -2.41. The molecule has 0 aliphatic heterocycles. The van der Waals surface area contributed by atoms with E-state index in [0.29, 0.717) is 24.2 Å². The first-order valence-electron chi connectivity index (χ1n) is 7.74. The average Bonchev–Trinajstić information content (AvgIpc) is 2.74. The van der Waals surface area contributed by atoms with Gasteiger partial charge in [-0.3, -0.25) is 4.79 Å². The Labute approximate surface area is 116 Å². The molecule has 5 atom stereocenters. The zero-order valence-corrected chi connectivity index (χ0v) is 12.5. The summed E-state index contributed by atoms with van der Waals surface area (Å²) in [7, 11) is 1.46. The Kier molecular flexibility index (Phi) is 4.54. The molecule has 2 saturated carbocycles. The zero-order chi connectivity index (χ0) is 14.0. The summed E-state index contributed by atoms with van der Waals surface area (Å²) < 4.78 is 4.73. The minimum atomic E-state index is -0.102. The van der Waals surface area contributed by atoms with Crippen LogP contribution in [0.25, 0.3) is 0 Å². The van der Waals surface area contributed by atoms with Crippen molar-refractivity contribution in [3.05, 3.63) is 0 Å². The number of hydrogen-bond acceptors (Lipinski definition) is 3. The smallest absolute Gasteiger partial charge is 0.305 e. The van der Waals surface area contributed by atoms with Gasteiger partial charge in [0, 0.05) is 6.42 Å². The molecule has 0 aromatic heterocycles. The van der Waals surface area contributed by atoms with Crippen LogP contribution < -0.4 is 0 Å². The molecule has 0 aromatic rings. The number of carbonyl (C=O) groups excluding carboxylic acids is 1. The van der Waals surface area contributed by atoms with Crippen LogP contribution in [0.15, 0.2) is 0 Å². The van der Waals surface area contributed by atoms with Crippen molar-refractivity contribution >= 4 is 5.97 Å². The second kappa shape index (κ2) is 5.82. The Morgan fingerprint density at radius 2 is 2.16 bits per heavy atom. The summed E-state index contributed by atoms with van der Waals surface area (Å²) in [6, 6.07) is 0. The molecule has 3 nitrogen and oxygen atoms in total. The van der Waals surface area contributed by atoms with Gasteiger partial charge in [-0.05, 0) is 55.3 Å². The predicted octanol–water partition coefficient (Wildman–Crippen LogP) is 3.15. The number of esters is 1. The molecule has 1 N–H and O–H groups in total. The van der Waals surface area contributed by atoms with E-state index in [-0.39, 0.29) is 17.5 Å². The number of methoxy groups -OCH3 is 1. The number of rotatable bonds is 4. The van der Waals surface area contributed by atoms with Gasteiger partial charge in [-0.1, -0.05) is 20.3 Å². The van der Waals surface area contributed by atoms with Crippen molar-refractivity contribution in [3.63, 3.8) is 0 Å². The average molecular weight is 268 g/mol. The molecule has 3 heteroatoms. The highest BCUT2D eigenvalue weighted by Crippen LogP contribution is 2.58. The Hall–Kier alpha value is -0.570. The number of hydrogen-bond donors (Lipinski definition) is 1. The van der Waals surface area contributed by atoms with Gasteiger partial charge in [-0.15, -0.1) is 0 Å². The van der Waals surface area contributed by atoms with Crippen LogP contribution in [0.3, 0.4) is 0 Å². The normalized spacial score (nSPS) is 39.7. The first-order chi connectivity index (χ1) is 8.99. The predicted molar refractivity (Wildman–Crippen MR) is 74.6 cm³/mol. The zero-order valence-electron chi connectivity index (χ0n) is 12.5. The summed E-state index contributed by atoms with van der Waals surface area (Å²) in [6.45, 7) is 4.63. The molecule has 0 aromatic carbocycles. The number of ether oxygens (including phenoxy) is 1. The maximum Gasteiger partial charge on any atom is 0.305 e. The molecule has 19 heavy (non-hydrogen) atoms. The molecule has 2 aliphatic rings. The lowest BCUT2D eigenvalue weighted by molar-refractivity contribution is -0.141. The summed E-state index contributed by atoms with van der Waals surface area (Å²) in [6.07, 6.45) is 7.06. The largest absolute Gasteiger partial charge is 0.469 e. The van der Waals surface area contributed by atoms with Gasteiger partial charge in [0.25, 0.3) is 0 Å². The molecule has 0 amide bonds. The van der Waals surface area contributed by atoms with Gasteiger partial charge in [-0.2, -0.15) is 0 Å². The number of fused-ring (bicyclic) bond motifs is 1. The second-order valence-electron chi connectivity index (χ2n) is 6.85. The van der Waals surface area contributed by atoms with E-state index in [1.165, 1.54) is 20.0 Å². The standard InChI is InChI=1S/C16H28O3/c1-11(6-9-15(18)19-3)12-7-8-13-14(17)5-4-10-16(12,13)2/h11-14,17H,4-10H2,1-3H3/t11?,12-,13?,14?,16-/m1/s1. The lowest BCUT2D eigenvalue weighted by atomic mass is 9.61. The van der Waals surface area contributed by atoms with E-state index in [2.05, 4.69) is 13.8 Å². The molecule has 0 radical (unpaired) electrons. The van der Waals surface area contributed by atoms with E-state index < -0.39 is 0 Å². The summed E-state index contributed by atoms with van der Waals surface area (Å²) in [5, 5.41) is 10.2. The van der Waals surface area contributed by atoms with Crippen LogP contribution in [0.1, 0.15) is 58.8 Å². The number of aliphatic hydroxyl groups excluding tert-OH is 1. The van der Waals surface area contributed by atoms with E-state index in [1.807, 2.05) is 0 Å². The van der Waals surface area contributed by atoms with Crippen LogP contribution >= 0.6 is 0 Å². The Bertz CT molecular complexity index is 328. The molecule has 2 rings (SSSR count). The van der Waals surface area contributed by atoms with Crippen molar-refractivity contribution in [3.8, 4) is 0 Å². The highest BCUT2D eigenvalue weighted by Gasteiger charge is 2.52. The Balaban J connectivity index is 1.98. The fourth-order valence-corrected chi connectivity index (χ4v) is 4.77. The van der Waals surface area contributed by atoms with Crippen LogP contribution in [0.5, 0.6) is 0 Å². The topological polar surface area (TPSA) is 46.5 Å². The van der Waals surface area contributed by atoms with E-state index in [4.69, 9.17) is 4.74 Å². The number of carbonyl (C=O) groups is 1. The highest BCUT2D eigenvalue weighted by molar-refractivity contribution is 5.69. The fourth-order valence-electron chi connectivity index (χ4n) is 4.77. The molecule has 0 saturated heterocycles. The van der Waals surface area contributed by atoms with Crippen LogP contribution in [-0.4, -0.2) is 24.3 Å². The van der Waals surface area contributed by atoms with Gasteiger partial charge >= 0.3 is 5.97 Å². The quantitative estimate of drug-likeness (QED) is 0.797. The third-order valence-electron chi connectivity index (χ3n) is 5.88. The molecule has 0 bridgehead atoms. The van der Waals surface area contributed by atoms with E-state index in [0.717, 1.165) is 25.7 Å². The SMILES string of the molecule is COC(=O)CCC(C)[C@H]1CCC2C(O)CCC[C@@]21C. The second-order valence-corrected chi connectivity index (χ2v) is 6.85. The van der Waals surface area contributed by atoms with E-state index >= 15 is 0 Å². The summed E-state index contributed by atoms with van der Waals surface area (Å²) in [5.74, 6) is 1.57. The van der Waals surface area contributed by atoms with Crippen molar-refractivity contribution in [2.75, 3.05) is 7.11 Å². The maximum absolute atomic E-state index is 11.3. The van der Waals surface area contributed by atoms with E-state index in [9.17, 15) is 9.90 Å². The molecule has 2 aliphatic carbocycles. The first kappa shape index (κ1) is 14.8. The fraction of sp³-hybridized carbons (Fsp3) is 0.938. The van der Waals surface area contributed by atoms with Crippen molar-refractivity contribution < 1.29 is 14.6 Å². The molecule has 3 unspecified atom stereocenters. The van der Waals surface area contributed by atoms with Gasteiger partial charge < -0.3 is 9.84 Å². The monoisotopic (exact) mass is 268 g/mol. The third-order valence-corrected chi connectivity index (χ3v) is 5.88. The van der Waals surface area contributed by atoms with Crippen LogP contribution in [0.4, 0.5) is 0 Å². The van der Waals surface area contributed by atoms with Crippen molar-refractivity contribution in [1.29, 1.82) is 0 Å². The summed E-state index contributed by atoms with van der Waals surface area (Å²) >= 11 is 0. The Morgan fingerprint density at radius 3 is 2.84 bits per heavy atom. The maximum atomic E-state index is 11.3. The van der Waals surface area contributed by atoms with Crippen molar-refractivity contribution in [2.45, 2.75) is 64.9 Å². The molecule has 2 fully saturated rings. The van der Waals surface area contributed by atoms with Gasteiger partial charge in [0.2, 0.25) is 0 Å². The van der Waals surface area contributed by atoms with E-state index in [1.54, 1.807) is 0 Å². The third kappa shape index (κ3) is 2.81. The van der Waals surface area contributed by atoms with Gasteiger partial charge in [0.15, 0.2) is 0 Å². The van der Waals surface area contributed by atoms with Gasteiger partial charge in [-0.25, -0.2) is 0 Å². The highest BCUT2D eigenvalue weighted by atomic mass is 16.5. The number of aliphatic hydroxyl groups is 1. The Morgan fingerprint density at radius 1 is 1.42 bits per heavy atom. The summed E-state index contributed by atoms with van der Waals surface area (Å²) in [4.78, 5) is 11.3. The summed E-state index contributed by atoms with van der Waals surface area (Å²) in [5.41, 5.74) is 0.285. The van der Waals surface area contributed by atoms with Crippen molar-refractivity contribution in [2.24, 2.45) is 23.2 Å².